The quantitative estimate of drug-likeness (QED) is 0.441. The second-order valence-corrected chi connectivity index (χ2v) is 3.78. The number of methoxy groups -OCH3 is 1. The van der Waals surface area contributed by atoms with Crippen LogP contribution in [0.25, 0.3) is 0 Å². The summed E-state index contributed by atoms with van der Waals surface area (Å²) in [4.78, 5) is 18.0. The average molecular weight is 279 g/mol. The van der Waals surface area contributed by atoms with E-state index in [1.54, 1.807) is 17.1 Å². The highest BCUT2D eigenvalue weighted by atomic mass is 16.6. The molecule has 0 saturated heterocycles. The van der Waals surface area contributed by atoms with Gasteiger partial charge in [-0.25, -0.2) is 4.98 Å². The number of hydrogen-bond donors (Lipinski definition) is 1. The van der Waals surface area contributed by atoms with E-state index >= 15 is 0 Å². The Bertz CT molecular complexity index is 572. The maximum absolute atomic E-state index is 11.0. The summed E-state index contributed by atoms with van der Waals surface area (Å²) >= 11 is 0. The summed E-state index contributed by atoms with van der Waals surface area (Å²) in [6.45, 7) is 1.16. The number of ether oxygens (including phenoxy) is 1. The third-order valence-electron chi connectivity index (χ3n) is 2.49. The van der Waals surface area contributed by atoms with Gasteiger partial charge in [0.15, 0.2) is 0 Å². The third-order valence-corrected chi connectivity index (χ3v) is 2.49. The molecule has 0 aliphatic carbocycles. The number of anilines is 1. The lowest BCUT2D eigenvalue weighted by atomic mass is 10.4. The molecule has 0 atom stereocenters. The fraction of sp³-hybridized carbons (Fsp3) is 0.400. The van der Waals surface area contributed by atoms with Gasteiger partial charge in [0.2, 0.25) is 5.82 Å². The minimum Gasteiger partial charge on any atom is -0.476 e. The predicted octanol–water partition coefficient (Wildman–Crippen LogP) is 0.487. The van der Waals surface area contributed by atoms with Crippen LogP contribution in [0.2, 0.25) is 0 Å². The molecule has 2 heterocycles. The molecule has 0 spiro atoms. The van der Waals surface area contributed by atoms with Crippen molar-refractivity contribution in [3.63, 3.8) is 0 Å². The van der Waals surface area contributed by atoms with Crippen molar-refractivity contribution < 1.29 is 9.66 Å². The Morgan fingerprint density at radius 1 is 1.50 bits per heavy atom. The molecule has 106 valence electrons. The molecule has 0 fully saturated rings. The van der Waals surface area contributed by atoms with Crippen LogP contribution in [-0.4, -0.2) is 43.5 Å². The van der Waals surface area contributed by atoms with Gasteiger partial charge in [-0.3, -0.25) is 14.8 Å². The SMILES string of the molecule is COc1ncnc(NCCCn2ccnn2)c1[N+](=O)[O-]. The van der Waals surface area contributed by atoms with Crippen LogP contribution in [0.3, 0.4) is 0 Å². The molecule has 1 N–H and O–H groups in total. The number of nitro groups is 1. The van der Waals surface area contributed by atoms with Crippen LogP contribution in [0, 0.1) is 10.1 Å². The molecule has 0 aliphatic heterocycles. The first-order chi connectivity index (χ1) is 9.72. The van der Waals surface area contributed by atoms with Gasteiger partial charge in [0.05, 0.1) is 18.2 Å². The summed E-state index contributed by atoms with van der Waals surface area (Å²) in [5, 5.41) is 21.4. The molecule has 0 bridgehead atoms. The normalized spacial score (nSPS) is 10.2. The molecule has 10 heteroatoms. The Hall–Kier alpha value is -2.78. The van der Waals surface area contributed by atoms with Crippen molar-refractivity contribution in [2.75, 3.05) is 19.0 Å². The van der Waals surface area contributed by atoms with E-state index in [1.807, 2.05) is 0 Å². The van der Waals surface area contributed by atoms with Gasteiger partial charge in [0.25, 0.3) is 5.88 Å². The van der Waals surface area contributed by atoms with Crippen LogP contribution in [0.15, 0.2) is 18.7 Å². The highest BCUT2D eigenvalue weighted by molar-refractivity contribution is 5.60. The molecule has 2 rings (SSSR count). The van der Waals surface area contributed by atoms with E-state index in [-0.39, 0.29) is 17.4 Å². The Kier molecular flexibility index (Phi) is 4.37. The first kappa shape index (κ1) is 13.6. The van der Waals surface area contributed by atoms with Crippen LogP contribution in [0.5, 0.6) is 5.88 Å². The van der Waals surface area contributed by atoms with E-state index in [4.69, 9.17) is 4.74 Å². The van der Waals surface area contributed by atoms with Crippen LogP contribution >= 0.6 is 0 Å². The third kappa shape index (κ3) is 3.16. The molecule has 0 aromatic carbocycles. The van der Waals surface area contributed by atoms with Crippen molar-refractivity contribution in [1.29, 1.82) is 0 Å². The predicted molar refractivity (Wildman–Crippen MR) is 68.4 cm³/mol. The number of aromatic nitrogens is 5. The van der Waals surface area contributed by atoms with Crippen molar-refractivity contribution in [2.45, 2.75) is 13.0 Å². The minimum atomic E-state index is -0.571. The van der Waals surface area contributed by atoms with Gasteiger partial charge in [-0.2, -0.15) is 4.98 Å². The number of rotatable bonds is 7. The van der Waals surface area contributed by atoms with Crippen molar-refractivity contribution in [3.8, 4) is 5.88 Å². The zero-order chi connectivity index (χ0) is 14.4. The Morgan fingerprint density at radius 2 is 2.35 bits per heavy atom. The molecular weight excluding hydrogens is 266 g/mol. The Morgan fingerprint density at radius 3 is 3.00 bits per heavy atom. The van der Waals surface area contributed by atoms with Crippen LogP contribution < -0.4 is 10.1 Å². The van der Waals surface area contributed by atoms with E-state index in [0.29, 0.717) is 19.5 Å². The number of aryl methyl sites for hydroxylation is 1. The standard InChI is InChI=1S/C10H13N7O3/c1-20-10-8(17(18)19)9(12-7-13-10)11-3-2-5-16-6-4-14-15-16/h4,6-7H,2-3,5H2,1H3,(H,11,12,13). The zero-order valence-corrected chi connectivity index (χ0v) is 10.8. The lowest BCUT2D eigenvalue weighted by Crippen LogP contribution is -2.10. The maximum atomic E-state index is 11.0. The van der Waals surface area contributed by atoms with Gasteiger partial charge >= 0.3 is 5.69 Å². The van der Waals surface area contributed by atoms with Gasteiger partial charge in [-0.15, -0.1) is 5.10 Å². The van der Waals surface area contributed by atoms with Crippen LogP contribution in [-0.2, 0) is 6.54 Å². The number of nitrogens with one attached hydrogen (secondary N) is 1. The van der Waals surface area contributed by atoms with E-state index in [1.165, 1.54) is 13.4 Å². The number of nitrogens with zero attached hydrogens (tertiary/aromatic N) is 6. The van der Waals surface area contributed by atoms with Crippen molar-refractivity contribution >= 4 is 11.5 Å². The van der Waals surface area contributed by atoms with Crippen LogP contribution in [0.4, 0.5) is 11.5 Å². The van der Waals surface area contributed by atoms with Gasteiger partial charge in [0, 0.05) is 19.3 Å². The molecular formula is C10H13N7O3. The summed E-state index contributed by atoms with van der Waals surface area (Å²) in [6.07, 6.45) is 5.27. The van der Waals surface area contributed by atoms with E-state index < -0.39 is 4.92 Å². The van der Waals surface area contributed by atoms with Crippen molar-refractivity contribution in [1.82, 2.24) is 25.0 Å². The summed E-state index contributed by atoms with van der Waals surface area (Å²) < 4.78 is 6.53. The largest absolute Gasteiger partial charge is 0.476 e. The fourth-order valence-electron chi connectivity index (χ4n) is 1.61. The van der Waals surface area contributed by atoms with E-state index in [0.717, 1.165) is 0 Å². The van der Waals surface area contributed by atoms with Crippen molar-refractivity contribution in [2.24, 2.45) is 0 Å². The molecule has 20 heavy (non-hydrogen) atoms. The summed E-state index contributed by atoms with van der Waals surface area (Å²) in [6, 6.07) is 0. The highest BCUT2D eigenvalue weighted by Gasteiger charge is 2.23. The monoisotopic (exact) mass is 279 g/mol. The Balaban J connectivity index is 1.96. The van der Waals surface area contributed by atoms with Gasteiger partial charge < -0.3 is 10.1 Å². The molecule has 0 saturated carbocycles. The molecule has 0 aliphatic rings. The fourth-order valence-corrected chi connectivity index (χ4v) is 1.61. The molecule has 0 radical (unpaired) electrons. The molecule has 0 amide bonds. The highest BCUT2D eigenvalue weighted by Crippen LogP contribution is 2.30. The average Bonchev–Trinajstić information content (AvgIpc) is 2.96. The lowest BCUT2D eigenvalue weighted by Gasteiger charge is -2.07. The van der Waals surface area contributed by atoms with Gasteiger partial charge in [0.1, 0.15) is 6.33 Å². The zero-order valence-electron chi connectivity index (χ0n) is 10.8. The Labute approximate surface area is 113 Å². The van der Waals surface area contributed by atoms with E-state index in [9.17, 15) is 10.1 Å². The summed E-state index contributed by atoms with van der Waals surface area (Å²) in [5.41, 5.74) is -0.268. The molecule has 0 unspecified atom stereocenters. The van der Waals surface area contributed by atoms with Gasteiger partial charge in [-0.1, -0.05) is 5.21 Å². The molecule has 2 aromatic heterocycles. The molecule has 10 nitrogen and oxygen atoms in total. The topological polar surface area (TPSA) is 121 Å². The first-order valence-electron chi connectivity index (χ1n) is 5.83. The molecule has 2 aromatic rings. The lowest BCUT2D eigenvalue weighted by molar-refractivity contribution is -0.385. The summed E-state index contributed by atoms with van der Waals surface area (Å²) in [7, 11) is 1.32. The van der Waals surface area contributed by atoms with Gasteiger partial charge in [-0.05, 0) is 6.42 Å². The van der Waals surface area contributed by atoms with E-state index in [2.05, 4.69) is 25.6 Å². The van der Waals surface area contributed by atoms with Crippen LogP contribution in [0.1, 0.15) is 6.42 Å². The smallest absolute Gasteiger partial charge is 0.372 e. The summed E-state index contributed by atoms with van der Waals surface area (Å²) in [5.74, 6) is 0.0733. The number of hydrogen-bond acceptors (Lipinski definition) is 8. The maximum Gasteiger partial charge on any atom is 0.372 e. The second kappa shape index (κ2) is 6.41. The minimum absolute atomic E-state index is 0.0659. The first-order valence-corrected chi connectivity index (χ1v) is 5.83. The second-order valence-electron chi connectivity index (χ2n) is 3.78. The van der Waals surface area contributed by atoms with Crippen molar-refractivity contribution in [3.05, 3.63) is 28.8 Å².